The normalized spacial score (nSPS) is 29.9. The van der Waals surface area contributed by atoms with Crippen molar-refractivity contribution in [3.63, 3.8) is 0 Å². The van der Waals surface area contributed by atoms with Gasteiger partial charge >= 0.3 is 0 Å². The van der Waals surface area contributed by atoms with E-state index in [0.717, 1.165) is 18.9 Å². The first kappa shape index (κ1) is 13.8. The van der Waals surface area contributed by atoms with E-state index in [1.165, 1.54) is 5.19 Å². The van der Waals surface area contributed by atoms with Crippen LogP contribution in [0.25, 0.3) is 0 Å². The predicted molar refractivity (Wildman–Crippen MR) is 82.6 cm³/mol. The van der Waals surface area contributed by atoms with Crippen LogP contribution in [0.2, 0.25) is 19.1 Å². The van der Waals surface area contributed by atoms with E-state index < -0.39 is 8.07 Å². The van der Waals surface area contributed by atoms with Crippen molar-refractivity contribution in [1.82, 2.24) is 4.90 Å². The molecule has 0 radical (unpaired) electrons. The fourth-order valence-corrected chi connectivity index (χ4v) is 6.78. The van der Waals surface area contributed by atoms with Crippen LogP contribution < -0.4 is 5.19 Å². The van der Waals surface area contributed by atoms with Gasteiger partial charge in [0.25, 0.3) is 0 Å². The van der Waals surface area contributed by atoms with Crippen molar-refractivity contribution < 1.29 is 9.90 Å². The molecule has 3 nitrogen and oxygen atoms in total. The maximum absolute atomic E-state index is 12.1. The Balaban J connectivity index is 1.79. The standard InChI is InChI=1S/C16H23NO2Si/c1-20(2,13-6-4-3-5-7-13)11-12-10-15(18)14-8-9-16(19)17(12)14/h3-7,12,14-15,18H,8-11H2,1-2H3/t12-,14+,15+/m0/s1. The van der Waals surface area contributed by atoms with Crippen molar-refractivity contribution in [3.05, 3.63) is 30.3 Å². The van der Waals surface area contributed by atoms with E-state index in [9.17, 15) is 9.90 Å². The summed E-state index contributed by atoms with van der Waals surface area (Å²) in [5, 5.41) is 11.6. The van der Waals surface area contributed by atoms with E-state index >= 15 is 0 Å². The Labute approximate surface area is 121 Å². The minimum atomic E-state index is -1.57. The van der Waals surface area contributed by atoms with Crippen LogP contribution in [0.5, 0.6) is 0 Å². The molecule has 0 bridgehead atoms. The molecule has 0 spiro atoms. The number of hydrogen-bond acceptors (Lipinski definition) is 2. The highest BCUT2D eigenvalue weighted by molar-refractivity contribution is 6.89. The van der Waals surface area contributed by atoms with Gasteiger partial charge in [0.1, 0.15) is 0 Å². The lowest BCUT2D eigenvalue weighted by molar-refractivity contribution is -0.129. The largest absolute Gasteiger partial charge is 0.391 e. The average molecular weight is 289 g/mol. The van der Waals surface area contributed by atoms with Gasteiger partial charge in [0.05, 0.1) is 20.2 Å². The molecular weight excluding hydrogens is 266 g/mol. The second kappa shape index (κ2) is 5.01. The lowest BCUT2D eigenvalue weighted by Crippen LogP contribution is -2.47. The van der Waals surface area contributed by atoms with Gasteiger partial charge < -0.3 is 10.0 Å². The predicted octanol–water partition coefficient (Wildman–Crippen LogP) is 1.73. The SMILES string of the molecule is C[Si](C)(C[C@@H]1C[C@@H](O)[C@H]2CCC(=O)N12)c1ccccc1. The Bertz CT molecular complexity index is 502. The molecule has 3 atom stereocenters. The number of rotatable bonds is 3. The third kappa shape index (κ3) is 2.31. The molecule has 0 unspecified atom stereocenters. The summed E-state index contributed by atoms with van der Waals surface area (Å²) in [7, 11) is -1.57. The molecule has 2 saturated heterocycles. The van der Waals surface area contributed by atoms with Gasteiger partial charge in [-0.25, -0.2) is 0 Å². The Morgan fingerprint density at radius 3 is 2.70 bits per heavy atom. The van der Waals surface area contributed by atoms with E-state index in [1.54, 1.807) is 0 Å². The van der Waals surface area contributed by atoms with Crippen LogP contribution in [0.1, 0.15) is 19.3 Å². The number of nitrogens with zero attached hydrogens (tertiary/aromatic N) is 1. The van der Waals surface area contributed by atoms with Gasteiger partial charge in [-0.05, 0) is 18.9 Å². The van der Waals surface area contributed by atoms with Gasteiger partial charge in [-0.2, -0.15) is 0 Å². The Morgan fingerprint density at radius 1 is 1.30 bits per heavy atom. The second-order valence-corrected chi connectivity index (χ2v) is 11.6. The summed E-state index contributed by atoms with van der Waals surface area (Å²) in [5.41, 5.74) is 0. The first-order chi connectivity index (χ1) is 9.49. The average Bonchev–Trinajstić information content (AvgIpc) is 2.94. The quantitative estimate of drug-likeness (QED) is 0.861. The fraction of sp³-hybridized carbons (Fsp3) is 0.562. The zero-order valence-electron chi connectivity index (χ0n) is 12.2. The van der Waals surface area contributed by atoms with E-state index in [-0.39, 0.29) is 24.1 Å². The van der Waals surface area contributed by atoms with E-state index in [0.29, 0.717) is 6.42 Å². The van der Waals surface area contributed by atoms with Crippen LogP contribution in [-0.2, 0) is 4.79 Å². The minimum absolute atomic E-state index is 0.0908. The summed E-state index contributed by atoms with van der Waals surface area (Å²) < 4.78 is 0. The molecule has 1 aromatic carbocycles. The van der Waals surface area contributed by atoms with Crippen molar-refractivity contribution in [2.45, 2.75) is 56.6 Å². The number of carbonyl (C=O) groups excluding carboxylic acids is 1. The zero-order valence-corrected chi connectivity index (χ0v) is 13.2. The highest BCUT2D eigenvalue weighted by Crippen LogP contribution is 2.37. The molecule has 2 heterocycles. The molecular formula is C16H23NO2Si. The fourth-order valence-electron chi connectivity index (χ4n) is 3.90. The van der Waals surface area contributed by atoms with Crippen molar-refractivity contribution in [3.8, 4) is 0 Å². The number of aliphatic hydroxyl groups excluding tert-OH is 1. The number of amides is 1. The number of carbonyl (C=O) groups is 1. The van der Waals surface area contributed by atoms with E-state index in [4.69, 9.17) is 0 Å². The Morgan fingerprint density at radius 2 is 2.00 bits per heavy atom. The molecule has 4 heteroatoms. The van der Waals surface area contributed by atoms with Crippen molar-refractivity contribution in [1.29, 1.82) is 0 Å². The molecule has 0 saturated carbocycles. The summed E-state index contributed by atoms with van der Waals surface area (Å²) in [6.45, 7) is 4.73. The van der Waals surface area contributed by atoms with Gasteiger partial charge in [0, 0.05) is 12.5 Å². The van der Waals surface area contributed by atoms with E-state index in [2.05, 4.69) is 37.4 Å². The van der Waals surface area contributed by atoms with Crippen LogP contribution in [0.15, 0.2) is 30.3 Å². The molecule has 1 aromatic rings. The first-order valence-electron chi connectivity index (χ1n) is 7.54. The number of benzene rings is 1. The highest BCUT2D eigenvalue weighted by Gasteiger charge is 2.48. The second-order valence-electron chi connectivity index (χ2n) is 6.82. The minimum Gasteiger partial charge on any atom is -0.391 e. The van der Waals surface area contributed by atoms with Crippen molar-refractivity contribution in [2.75, 3.05) is 0 Å². The lowest BCUT2D eigenvalue weighted by Gasteiger charge is -2.31. The van der Waals surface area contributed by atoms with E-state index in [1.807, 2.05) is 11.0 Å². The van der Waals surface area contributed by atoms with Crippen LogP contribution in [0.4, 0.5) is 0 Å². The van der Waals surface area contributed by atoms with Crippen molar-refractivity contribution >= 4 is 19.2 Å². The third-order valence-corrected chi connectivity index (χ3v) is 8.34. The molecule has 20 heavy (non-hydrogen) atoms. The van der Waals surface area contributed by atoms with Gasteiger partial charge in [-0.3, -0.25) is 4.79 Å². The molecule has 2 aliphatic rings. The van der Waals surface area contributed by atoms with Crippen LogP contribution in [-0.4, -0.2) is 42.2 Å². The summed E-state index contributed by atoms with van der Waals surface area (Å²) in [6, 6.07) is 12.0. The van der Waals surface area contributed by atoms with Gasteiger partial charge in [0.2, 0.25) is 5.91 Å². The molecule has 1 N–H and O–H groups in total. The lowest BCUT2D eigenvalue weighted by atomic mass is 10.1. The summed E-state index contributed by atoms with van der Waals surface area (Å²) in [6.07, 6.45) is 1.90. The Kier molecular flexibility index (Phi) is 3.46. The van der Waals surface area contributed by atoms with Gasteiger partial charge in [0.15, 0.2) is 0 Å². The van der Waals surface area contributed by atoms with Gasteiger partial charge in [-0.15, -0.1) is 0 Å². The topological polar surface area (TPSA) is 40.5 Å². The van der Waals surface area contributed by atoms with Crippen LogP contribution in [0.3, 0.4) is 0 Å². The highest BCUT2D eigenvalue weighted by atomic mass is 28.3. The first-order valence-corrected chi connectivity index (χ1v) is 10.7. The molecule has 108 valence electrons. The molecule has 2 aliphatic heterocycles. The monoisotopic (exact) mass is 289 g/mol. The molecule has 2 fully saturated rings. The third-order valence-electron chi connectivity index (χ3n) is 4.95. The number of aliphatic hydroxyl groups is 1. The zero-order chi connectivity index (χ0) is 14.3. The molecule has 3 rings (SSSR count). The number of fused-ring (bicyclic) bond motifs is 1. The van der Waals surface area contributed by atoms with Crippen LogP contribution >= 0.6 is 0 Å². The maximum Gasteiger partial charge on any atom is 0.223 e. The summed E-state index contributed by atoms with van der Waals surface area (Å²) >= 11 is 0. The number of hydrogen-bond donors (Lipinski definition) is 1. The molecule has 0 aliphatic carbocycles. The molecule has 1 amide bonds. The summed E-state index contributed by atoms with van der Waals surface area (Å²) in [4.78, 5) is 14.1. The maximum atomic E-state index is 12.1. The van der Waals surface area contributed by atoms with Crippen molar-refractivity contribution in [2.24, 2.45) is 0 Å². The summed E-state index contributed by atoms with van der Waals surface area (Å²) in [5.74, 6) is 0.245. The molecule has 0 aromatic heterocycles. The smallest absolute Gasteiger partial charge is 0.223 e. The van der Waals surface area contributed by atoms with Gasteiger partial charge in [-0.1, -0.05) is 48.6 Å². The van der Waals surface area contributed by atoms with Crippen LogP contribution in [0, 0.1) is 0 Å². The Hall–Kier alpha value is -1.13.